The second-order valence-corrected chi connectivity index (χ2v) is 7.11. The molecule has 0 spiro atoms. The zero-order valence-corrected chi connectivity index (χ0v) is 16.3. The van der Waals surface area contributed by atoms with Crippen molar-refractivity contribution in [2.24, 2.45) is 0 Å². The first-order valence-electron chi connectivity index (χ1n) is 8.94. The number of benzene rings is 1. The molecule has 1 fully saturated rings. The number of carbonyl (C=O) groups excluding carboxylic acids is 1. The summed E-state index contributed by atoms with van der Waals surface area (Å²) in [6.07, 6.45) is 1.61. The average Bonchev–Trinajstić information content (AvgIpc) is 2.65. The Hall–Kier alpha value is -2.11. The van der Waals surface area contributed by atoms with E-state index < -0.39 is 0 Å². The predicted molar refractivity (Wildman–Crippen MR) is 107 cm³/mol. The number of nitrogens with zero attached hydrogens (tertiary/aromatic N) is 3. The van der Waals surface area contributed by atoms with Crippen LogP contribution in [0.3, 0.4) is 0 Å². The Morgan fingerprint density at radius 3 is 2.58 bits per heavy atom. The summed E-state index contributed by atoms with van der Waals surface area (Å²) in [6.45, 7) is 9.78. The molecule has 1 aromatic carbocycles. The minimum atomic E-state index is -0.216. The van der Waals surface area contributed by atoms with Crippen LogP contribution >= 0.6 is 11.6 Å². The van der Waals surface area contributed by atoms with Crippen molar-refractivity contribution in [2.75, 3.05) is 36.4 Å². The van der Waals surface area contributed by atoms with Gasteiger partial charge in [0.15, 0.2) is 5.15 Å². The molecule has 6 heteroatoms. The summed E-state index contributed by atoms with van der Waals surface area (Å²) in [6, 6.07) is 9.74. The van der Waals surface area contributed by atoms with Crippen molar-refractivity contribution in [1.82, 2.24) is 9.88 Å². The Balaban J connectivity index is 1.59. The van der Waals surface area contributed by atoms with Crippen LogP contribution in [0.25, 0.3) is 0 Å². The number of hydrogen-bond donors (Lipinski definition) is 1. The van der Waals surface area contributed by atoms with E-state index in [0.29, 0.717) is 10.8 Å². The molecule has 0 saturated carbocycles. The lowest BCUT2D eigenvalue weighted by atomic mass is 10.1. The molecule has 1 aliphatic heterocycles. The maximum absolute atomic E-state index is 12.6. The van der Waals surface area contributed by atoms with Crippen LogP contribution in [-0.2, 0) is 4.79 Å². The summed E-state index contributed by atoms with van der Waals surface area (Å²) in [5.74, 6) is -0.0555. The van der Waals surface area contributed by atoms with Gasteiger partial charge in [-0.15, -0.1) is 0 Å². The largest absolute Gasteiger partial charge is 0.369 e. The standard InChI is InChI=1S/C20H25ClN4O/c1-14-6-4-8-18(15(14)2)25-12-10-24(11-13-25)16(3)20(26)23-17-7-5-9-22-19(17)21/h4-9,16H,10-13H2,1-3H3,(H,23,26)/t16-/m0/s1. The highest BCUT2D eigenvalue weighted by atomic mass is 35.5. The molecule has 0 bridgehead atoms. The van der Waals surface area contributed by atoms with Gasteiger partial charge in [-0.1, -0.05) is 23.7 Å². The van der Waals surface area contributed by atoms with Gasteiger partial charge in [-0.3, -0.25) is 9.69 Å². The number of amides is 1. The Bertz CT molecular complexity index is 787. The van der Waals surface area contributed by atoms with Crippen molar-refractivity contribution in [3.05, 3.63) is 52.8 Å². The fraction of sp³-hybridized carbons (Fsp3) is 0.400. The second-order valence-electron chi connectivity index (χ2n) is 6.75. The molecule has 138 valence electrons. The van der Waals surface area contributed by atoms with Crippen molar-refractivity contribution in [1.29, 1.82) is 0 Å². The van der Waals surface area contributed by atoms with E-state index in [1.165, 1.54) is 16.8 Å². The van der Waals surface area contributed by atoms with E-state index in [0.717, 1.165) is 26.2 Å². The Morgan fingerprint density at radius 2 is 1.88 bits per heavy atom. The highest BCUT2D eigenvalue weighted by Gasteiger charge is 2.26. The fourth-order valence-corrected chi connectivity index (χ4v) is 3.48. The molecular formula is C20H25ClN4O. The smallest absolute Gasteiger partial charge is 0.241 e. The van der Waals surface area contributed by atoms with Crippen molar-refractivity contribution in [2.45, 2.75) is 26.8 Å². The molecule has 1 aliphatic rings. The van der Waals surface area contributed by atoms with Gasteiger partial charge < -0.3 is 10.2 Å². The lowest BCUT2D eigenvalue weighted by Gasteiger charge is -2.39. The SMILES string of the molecule is Cc1cccc(N2CCN([C@@H](C)C(=O)Nc3cccnc3Cl)CC2)c1C. The van der Waals surface area contributed by atoms with Gasteiger partial charge >= 0.3 is 0 Å². The number of rotatable bonds is 4. The number of pyridine rings is 1. The number of hydrogen-bond acceptors (Lipinski definition) is 4. The van der Waals surface area contributed by atoms with Crippen molar-refractivity contribution in [3.8, 4) is 0 Å². The molecule has 1 saturated heterocycles. The Kier molecular flexibility index (Phi) is 5.79. The van der Waals surface area contributed by atoms with Gasteiger partial charge in [0, 0.05) is 38.1 Å². The van der Waals surface area contributed by atoms with Gasteiger partial charge in [-0.05, 0) is 50.1 Å². The number of aryl methyl sites for hydroxylation is 1. The maximum Gasteiger partial charge on any atom is 0.241 e. The molecule has 1 atom stereocenters. The first-order chi connectivity index (χ1) is 12.5. The molecule has 1 N–H and O–H groups in total. The summed E-state index contributed by atoms with van der Waals surface area (Å²) in [5, 5.41) is 3.19. The Labute approximate surface area is 160 Å². The van der Waals surface area contributed by atoms with Crippen LogP contribution in [0, 0.1) is 13.8 Å². The Morgan fingerprint density at radius 1 is 1.15 bits per heavy atom. The summed E-state index contributed by atoms with van der Waals surface area (Å²) in [7, 11) is 0. The second kappa shape index (κ2) is 8.06. The van der Waals surface area contributed by atoms with Gasteiger partial charge in [0.25, 0.3) is 0 Å². The highest BCUT2D eigenvalue weighted by molar-refractivity contribution is 6.32. The van der Waals surface area contributed by atoms with Crippen LogP contribution in [0.4, 0.5) is 11.4 Å². The summed E-state index contributed by atoms with van der Waals surface area (Å²) >= 11 is 6.03. The zero-order chi connectivity index (χ0) is 18.7. The molecule has 0 aliphatic carbocycles. The van der Waals surface area contributed by atoms with Crippen molar-refractivity contribution < 1.29 is 4.79 Å². The van der Waals surface area contributed by atoms with Crippen LogP contribution in [0.5, 0.6) is 0 Å². The molecule has 1 aromatic heterocycles. The third-order valence-electron chi connectivity index (χ3n) is 5.18. The van der Waals surface area contributed by atoms with Crippen LogP contribution < -0.4 is 10.2 Å². The predicted octanol–water partition coefficient (Wildman–Crippen LogP) is 3.50. The first kappa shape index (κ1) is 18.7. The third-order valence-corrected chi connectivity index (χ3v) is 5.48. The number of anilines is 2. The molecule has 0 radical (unpaired) electrons. The van der Waals surface area contributed by atoms with Crippen molar-refractivity contribution >= 4 is 28.9 Å². The number of nitrogens with one attached hydrogen (secondary N) is 1. The molecule has 2 heterocycles. The van der Waals surface area contributed by atoms with E-state index in [4.69, 9.17) is 11.6 Å². The van der Waals surface area contributed by atoms with Crippen LogP contribution in [0.1, 0.15) is 18.1 Å². The summed E-state index contributed by atoms with van der Waals surface area (Å²) < 4.78 is 0. The van der Waals surface area contributed by atoms with Gasteiger partial charge in [-0.2, -0.15) is 0 Å². The topological polar surface area (TPSA) is 48.5 Å². The molecule has 26 heavy (non-hydrogen) atoms. The third kappa shape index (κ3) is 4.00. The summed E-state index contributed by atoms with van der Waals surface area (Å²) in [4.78, 5) is 21.2. The van der Waals surface area contributed by atoms with E-state index >= 15 is 0 Å². The van der Waals surface area contributed by atoms with Crippen LogP contribution in [-0.4, -0.2) is 48.0 Å². The molecule has 0 unspecified atom stereocenters. The van der Waals surface area contributed by atoms with Gasteiger partial charge in [0.05, 0.1) is 11.7 Å². The zero-order valence-electron chi connectivity index (χ0n) is 15.5. The molecule has 3 rings (SSSR count). The quantitative estimate of drug-likeness (QED) is 0.834. The minimum absolute atomic E-state index is 0.0555. The lowest BCUT2D eigenvalue weighted by Crippen LogP contribution is -2.53. The monoisotopic (exact) mass is 372 g/mol. The number of aromatic nitrogens is 1. The van der Waals surface area contributed by atoms with Gasteiger partial charge in [0.2, 0.25) is 5.91 Å². The number of carbonyl (C=O) groups is 1. The molecular weight excluding hydrogens is 348 g/mol. The minimum Gasteiger partial charge on any atom is -0.369 e. The normalized spacial score (nSPS) is 16.4. The molecule has 1 amide bonds. The number of halogens is 1. The van der Waals surface area contributed by atoms with E-state index in [2.05, 4.69) is 52.1 Å². The lowest BCUT2D eigenvalue weighted by molar-refractivity contribution is -0.120. The first-order valence-corrected chi connectivity index (χ1v) is 9.31. The van der Waals surface area contributed by atoms with Crippen LogP contribution in [0.2, 0.25) is 5.15 Å². The number of piperazine rings is 1. The molecule has 2 aromatic rings. The van der Waals surface area contributed by atoms with Gasteiger partial charge in [0.1, 0.15) is 0 Å². The summed E-state index contributed by atoms with van der Waals surface area (Å²) in [5.41, 5.74) is 4.49. The fourth-order valence-electron chi connectivity index (χ4n) is 3.31. The van der Waals surface area contributed by atoms with Crippen molar-refractivity contribution in [3.63, 3.8) is 0 Å². The molecule has 5 nitrogen and oxygen atoms in total. The van der Waals surface area contributed by atoms with E-state index in [9.17, 15) is 4.79 Å². The highest BCUT2D eigenvalue weighted by Crippen LogP contribution is 2.24. The van der Waals surface area contributed by atoms with Gasteiger partial charge in [-0.25, -0.2) is 4.98 Å². The van der Waals surface area contributed by atoms with E-state index in [1.54, 1.807) is 18.3 Å². The van der Waals surface area contributed by atoms with E-state index in [-0.39, 0.29) is 11.9 Å². The van der Waals surface area contributed by atoms with Crippen LogP contribution in [0.15, 0.2) is 36.5 Å². The maximum atomic E-state index is 12.6. The average molecular weight is 373 g/mol. The van der Waals surface area contributed by atoms with E-state index in [1.807, 2.05) is 6.92 Å².